The van der Waals surface area contributed by atoms with E-state index in [0.29, 0.717) is 10.6 Å². The number of nitriles is 1. The zero-order chi connectivity index (χ0) is 9.84. The zero-order valence-corrected chi connectivity index (χ0v) is 9.26. The summed E-state index contributed by atoms with van der Waals surface area (Å²) in [6.07, 6.45) is 1.56. The van der Waals surface area contributed by atoms with Gasteiger partial charge in [-0.3, -0.25) is 10.1 Å². The predicted octanol–water partition coefficient (Wildman–Crippen LogP) is 2.16. The van der Waals surface area contributed by atoms with Crippen molar-refractivity contribution in [1.29, 1.82) is 5.26 Å². The Bertz CT molecular complexity index is 386. The summed E-state index contributed by atoms with van der Waals surface area (Å²) in [6.45, 7) is 0. The Hall–Kier alpha value is -0.800. The molecule has 0 aliphatic heterocycles. The van der Waals surface area contributed by atoms with E-state index in [4.69, 9.17) is 16.9 Å². The first-order chi connectivity index (χ1) is 6.15. The first-order valence-electron chi connectivity index (χ1n) is 3.29. The number of carbonyl (C=O) groups is 1. The summed E-state index contributed by atoms with van der Waals surface area (Å²) in [5.41, 5.74) is 0.381. The van der Waals surface area contributed by atoms with E-state index in [-0.39, 0.29) is 0 Å². The van der Waals surface area contributed by atoms with Crippen molar-refractivity contribution in [3.05, 3.63) is 32.4 Å². The van der Waals surface area contributed by atoms with Crippen LogP contribution < -0.4 is 5.32 Å². The SMILES string of the molecule is N#CNC(=O)c1ccc(I)c(Cl)c1. The van der Waals surface area contributed by atoms with Crippen LogP contribution in [0.3, 0.4) is 0 Å². The Morgan fingerprint density at radius 2 is 2.31 bits per heavy atom. The number of benzene rings is 1. The van der Waals surface area contributed by atoms with Gasteiger partial charge in [-0.25, -0.2) is 0 Å². The zero-order valence-electron chi connectivity index (χ0n) is 6.34. The number of nitrogens with zero attached hydrogens (tertiary/aromatic N) is 1. The lowest BCUT2D eigenvalue weighted by molar-refractivity contribution is 0.0973. The molecule has 1 rings (SSSR count). The molecule has 0 aliphatic rings. The maximum atomic E-state index is 11.1. The largest absolute Gasteiger partial charge is 0.268 e. The second-order valence-electron chi connectivity index (χ2n) is 2.19. The second kappa shape index (κ2) is 4.44. The van der Waals surface area contributed by atoms with Gasteiger partial charge < -0.3 is 0 Å². The Kier molecular flexibility index (Phi) is 3.51. The third kappa shape index (κ3) is 2.57. The molecule has 1 aromatic carbocycles. The van der Waals surface area contributed by atoms with Gasteiger partial charge in [0.15, 0.2) is 6.19 Å². The maximum Gasteiger partial charge on any atom is 0.264 e. The first kappa shape index (κ1) is 10.3. The molecule has 66 valence electrons. The molecule has 0 saturated carbocycles. The van der Waals surface area contributed by atoms with E-state index in [0.717, 1.165) is 3.57 Å². The lowest BCUT2D eigenvalue weighted by Gasteiger charge is -1.99. The summed E-state index contributed by atoms with van der Waals surface area (Å²) in [6, 6.07) is 4.85. The van der Waals surface area contributed by atoms with Gasteiger partial charge in [-0.05, 0) is 40.8 Å². The standard InChI is InChI=1S/C8H4ClIN2O/c9-6-3-5(1-2-7(6)10)8(13)12-4-11/h1-3H,(H,12,13). The molecule has 1 amide bonds. The fourth-order valence-electron chi connectivity index (χ4n) is 0.760. The minimum absolute atomic E-state index is 0.381. The van der Waals surface area contributed by atoms with Crippen molar-refractivity contribution in [2.24, 2.45) is 0 Å². The maximum absolute atomic E-state index is 11.1. The second-order valence-corrected chi connectivity index (χ2v) is 3.76. The molecule has 1 aromatic rings. The monoisotopic (exact) mass is 306 g/mol. The van der Waals surface area contributed by atoms with Crippen LogP contribution in [0, 0.1) is 15.0 Å². The van der Waals surface area contributed by atoms with Gasteiger partial charge >= 0.3 is 0 Å². The van der Waals surface area contributed by atoms with Gasteiger partial charge in [0.05, 0.1) is 5.02 Å². The van der Waals surface area contributed by atoms with E-state index >= 15 is 0 Å². The van der Waals surface area contributed by atoms with Gasteiger partial charge in [0.25, 0.3) is 5.91 Å². The van der Waals surface area contributed by atoms with Gasteiger partial charge in [0.1, 0.15) is 0 Å². The summed E-state index contributed by atoms with van der Waals surface area (Å²) in [4.78, 5) is 11.1. The van der Waals surface area contributed by atoms with Crippen molar-refractivity contribution in [2.45, 2.75) is 0 Å². The Morgan fingerprint density at radius 1 is 1.62 bits per heavy atom. The van der Waals surface area contributed by atoms with Crippen molar-refractivity contribution in [3.63, 3.8) is 0 Å². The molecule has 0 fully saturated rings. The average molecular weight is 306 g/mol. The van der Waals surface area contributed by atoms with E-state index in [1.165, 1.54) is 6.07 Å². The number of carbonyl (C=O) groups excluding carboxylic acids is 1. The van der Waals surface area contributed by atoms with Crippen LogP contribution in [0.5, 0.6) is 0 Å². The molecule has 0 unspecified atom stereocenters. The smallest absolute Gasteiger partial charge is 0.264 e. The van der Waals surface area contributed by atoms with Crippen LogP contribution in [-0.2, 0) is 0 Å². The van der Waals surface area contributed by atoms with Crippen LogP contribution in [0.1, 0.15) is 10.4 Å². The number of rotatable bonds is 1. The van der Waals surface area contributed by atoms with Crippen LogP contribution in [0.2, 0.25) is 5.02 Å². The van der Waals surface area contributed by atoms with Crippen LogP contribution in [0.15, 0.2) is 18.2 Å². The molecule has 0 aliphatic carbocycles. The normalized spacial score (nSPS) is 9.00. The van der Waals surface area contributed by atoms with Crippen molar-refractivity contribution < 1.29 is 4.79 Å². The molecule has 0 spiro atoms. The van der Waals surface area contributed by atoms with Gasteiger partial charge in [-0.1, -0.05) is 11.6 Å². The third-order valence-electron chi connectivity index (χ3n) is 1.35. The number of amides is 1. The number of hydrogen-bond donors (Lipinski definition) is 1. The molecule has 0 heterocycles. The van der Waals surface area contributed by atoms with E-state index in [1.807, 2.05) is 5.32 Å². The summed E-state index contributed by atoms with van der Waals surface area (Å²) >= 11 is 7.84. The average Bonchev–Trinajstić information content (AvgIpc) is 2.10. The molecule has 0 radical (unpaired) electrons. The summed E-state index contributed by atoms with van der Waals surface area (Å²) < 4.78 is 0.868. The molecule has 13 heavy (non-hydrogen) atoms. The third-order valence-corrected chi connectivity index (χ3v) is 2.92. The molecular formula is C8H4ClIN2O. The Balaban J connectivity index is 2.98. The van der Waals surface area contributed by atoms with Gasteiger partial charge in [-0.2, -0.15) is 5.26 Å². The van der Waals surface area contributed by atoms with Gasteiger partial charge in [0.2, 0.25) is 0 Å². The number of nitrogens with one attached hydrogen (secondary N) is 1. The van der Waals surface area contributed by atoms with E-state index in [1.54, 1.807) is 18.3 Å². The Morgan fingerprint density at radius 3 is 2.85 bits per heavy atom. The van der Waals surface area contributed by atoms with Crippen LogP contribution in [-0.4, -0.2) is 5.91 Å². The van der Waals surface area contributed by atoms with Gasteiger partial charge in [-0.15, -0.1) is 0 Å². The summed E-state index contributed by atoms with van der Waals surface area (Å²) in [7, 11) is 0. The summed E-state index contributed by atoms with van der Waals surface area (Å²) in [5, 5.41) is 10.7. The van der Waals surface area contributed by atoms with Gasteiger partial charge in [0, 0.05) is 9.13 Å². The highest BCUT2D eigenvalue weighted by molar-refractivity contribution is 14.1. The van der Waals surface area contributed by atoms with E-state index in [2.05, 4.69) is 22.6 Å². The fraction of sp³-hybridized carbons (Fsp3) is 0. The lowest BCUT2D eigenvalue weighted by atomic mass is 10.2. The molecule has 0 bridgehead atoms. The first-order valence-corrected chi connectivity index (χ1v) is 4.75. The highest BCUT2D eigenvalue weighted by Crippen LogP contribution is 2.19. The molecule has 3 nitrogen and oxygen atoms in total. The minimum atomic E-state index is -0.444. The van der Waals surface area contributed by atoms with Crippen molar-refractivity contribution in [1.82, 2.24) is 5.32 Å². The van der Waals surface area contributed by atoms with E-state index < -0.39 is 5.91 Å². The molecule has 5 heteroatoms. The summed E-state index contributed by atoms with van der Waals surface area (Å²) in [5.74, 6) is -0.444. The number of halogens is 2. The van der Waals surface area contributed by atoms with Crippen LogP contribution >= 0.6 is 34.2 Å². The minimum Gasteiger partial charge on any atom is -0.268 e. The highest BCUT2D eigenvalue weighted by Gasteiger charge is 2.06. The predicted molar refractivity (Wildman–Crippen MR) is 57.2 cm³/mol. The number of hydrogen-bond acceptors (Lipinski definition) is 2. The van der Waals surface area contributed by atoms with Crippen molar-refractivity contribution in [2.75, 3.05) is 0 Å². The molecule has 1 N–H and O–H groups in total. The molecule has 0 aromatic heterocycles. The highest BCUT2D eigenvalue weighted by atomic mass is 127. The van der Waals surface area contributed by atoms with Crippen LogP contribution in [0.4, 0.5) is 0 Å². The fourth-order valence-corrected chi connectivity index (χ4v) is 1.28. The molecular weight excluding hydrogens is 302 g/mol. The molecule has 0 atom stereocenters. The van der Waals surface area contributed by atoms with E-state index in [9.17, 15) is 4.79 Å². The molecule has 0 saturated heterocycles. The topological polar surface area (TPSA) is 52.9 Å². The quantitative estimate of drug-likeness (QED) is 0.491. The lowest BCUT2D eigenvalue weighted by Crippen LogP contribution is -2.17. The van der Waals surface area contributed by atoms with Crippen molar-refractivity contribution in [3.8, 4) is 6.19 Å². The Labute approximate surface area is 93.8 Å². The van der Waals surface area contributed by atoms with Crippen molar-refractivity contribution >= 4 is 40.1 Å². The van der Waals surface area contributed by atoms with Crippen LogP contribution in [0.25, 0.3) is 0 Å².